The van der Waals surface area contributed by atoms with Crippen LogP contribution in [0.15, 0.2) is 48.9 Å². The number of aromatic nitrogens is 5. The first-order chi connectivity index (χ1) is 15.5. The Morgan fingerprint density at radius 3 is 2.69 bits per heavy atom. The number of nitrogens with one attached hydrogen (secondary N) is 2. The van der Waals surface area contributed by atoms with Crippen molar-refractivity contribution < 1.29 is 9.53 Å². The fraction of sp³-hybridized carbons (Fsp3) is 0.304. The summed E-state index contributed by atoms with van der Waals surface area (Å²) in [5.74, 6) is 0.272. The fourth-order valence-corrected chi connectivity index (χ4v) is 3.92. The molecule has 9 nitrogen and oxygen atoms in total. The third-order valence-electron chi connectivity index (χ3n) is 5.76. The lowest BCUT2D eigenvalue weighted by Gasteiger charge is -2.28. The van der Waals surface area contributed by atoms with E-state index in [1.54, 1.807) is 29.2 Å². The van der Waals surface area contributed by atoms with Crippen molar-refractivity contribution >= 4 is 22.5 Å². The van der Waals surface area contributed by atoms with E-state index in [2.05, 4.69) is 37.5 Å². The second-order valence-corrected chi connectivity index (χ2v) is 8.19. The second-order valence-electron chi connectivity index (χ2n) is 8.19. The summed E-state index contributed by atoms with van der Waals surface area (Å²) in [6, 6.07) is 9.42. The number of aryl methyl sites for hydroxylation is 1. The quantitative estimate of drug-likeness (QED) is 0.504. The Labute approximate surface area is 185 Å². The molecule has 1 amide bonds. The van der Waals surface area contributed by atoms with Crippen molar-refractivity contribution in [3.05, 3.63) is 54.6 Å². The Kier molecular flexibility index (Phi) is 5.32. The Bertz CT molecular complexity index is 1240. The zero-order valence-electron chi connectivity index (χ0n) is 18.1. The largest absolute Gasteiger partial charge is 0.474 e. The standard InChI is InChI=1S/C23H25N7O2/c1-29-9-7-18(8-10-29)32-21-6-4-17(13-24-21)26-23(31)22-19-11-15(3-5-20(19)27-28-22)16-12-25-30(2)14-16/h3-6,11-14,18H,7-10H2,1-2H3,(H,26,31)(H,27,28). The van der Waals surface area contributed by atoms with Gasteiger partial charge in [-0.25, -0.2) is 4.98 Å². The first-order valence-corrected chi connectivity index (χ1v) is 10.6. The van der Waals surface area contributed by atoms with Gasteiger partial charge in [-0.05, 0) is 43.7 Å². The van der Waals surface area contributed by atoms with E-state index in [9.17, 15) is 4.79 Å². The Hall–Kier alpha value is -3.72. The number of amides is 1. The average molecular weight is 432 g/mol. The van der Waals surface area contributed by atoms with E-state index in [1.165, 1.54) is 0 Å². The fourth-order valence-electron chi connectivity index (χ4n) is 3.92. The summed E-state index contributed by atoms with van der Waals surface area (Å²) in [6.07, 6.45) is 7.50. The molecule has 9 heteroatoms. The number of hydrogen-bond acceptors (Lipinski definition) is 6. The molecule has 3 aromatic heterocycles. The smallest absolute Gasteiger partial charge is 0.276 e. The van der Waals surface area contributed by atoms with Crippen LogP contribution in [0.3, 0.4) is 0 Å². The SMILES string of the molecule is CN1CCC(Oc2ccc(NC(=O)c3n[nH]c4ccc(-c5cnn(C)c5)cc34)cn2)CC1. The minimum absolute atomic E-state index is 0.184. The van der Waals surface area contributed by atoms with Crippen molar-refractivity contribution in [2.24, 2.45) is 7.05 Å². The molecule has 0 atom stereocenters. The third-order valence-corrected chi connectivity index (χ3v) is 5.76. The minimum atomic E-state index is -0.301. The molecular formula is C23H25N7O2. The van der Waals surface area contributed by atoms with Gasteiger partial charge in [0.25, 0.3) is 5.91 Å². The first kappa shape index (κ1) is 20.2. The lowest BCUT2D eigenvalue weighted by Crippen LogP contribution is -2.35. The van der Waals surface area contributed by atoms with Crippen molar-refractivity contribution in [3.63, 3.8) is 0 Å². The number of nitrogens with zero attached hydrogens (tertiary/aromatic N) is 5. The molecule has 1 aliphatic rings. The molecule has 164 valence electrons. The average Bonchev–Trinajstić information content (AvgIpc) is 3.42. The topological polar surface area (TPSA) is 101 Å². The monoisotopic (exact) mass is 431 g/mol. The number of likely N-dealkylation sites (tertiary alicyclic amines) is 1. The van der Waals surface area contributed by atoms with Gasteiger partial charge in [-0.15, -0.1) is 0 Å². The molecule has 32 heavy (non-hydrogen) atoms. The van der Waals surface area contributed by atoms with E-state index in [0.717, 1.165) is 48.0 Å². The molecule has 0 spiro atoms. The summed E-state index contributed by atoms with van der Waals surface area (Å²) in [7, 11) is 3.99. The molecule has 0 saturated carbocycles. The van der Waals surface area contributed by atoms with Crippen LogP contribution in [0.4, 0.5) is 5.69 Å². The van der Waals surface area contributed by atoms with E-state index in [1.807, 2.05) is 31.4 Å². The Balaban J connectivity index is 1.29. The van der Waals surface area contributed by atoms with E-state index in [4.69, 9.17) is 4.74 Å². The van der Waals surface area contributed by atoms with Crippen molar-refractivity contribution in [1.29, 1.82) is 0 Å². The number of anilines is 1. The molecule has 0 unspecified atom stereocenters. The molecule has 0 bridgehead atoms. The zero-order valence-corrected chi connectivity index (χ0v) is 18.1. The molecule has 5 rings (SSSR count). The molecule has 1 aliphatic heterocycles. The summed E-state index contributed by atoms with van der Waals surface area (Å²) >= 11 is 0. The van der Waals surface area contributed by atoms with E-state index in [0.29, 0.717) is 17.3 Å². The van der Waals surface area contributed by atoms with Gasteiger partial charge in [0.2, 0.25) is 5.88 Å². The number of carbonyl (C=O) groups excluding carboxylic acids is 1. The number of carbonyl (C=O) groups is 1. The molecule has 4 aromatic rings. The molecule has 1 fully saturated rings. The van der Waals surface area contributed by atoms with Crippen molar-refractivity contribution in [1.82, 2.24) is 29.9 Å². The summed E-state index contributed by atoms with van der Waals surface area (Å²) in [5, 5.41) is 15.0. The van der Waals surface area contributed by atoms with Crippen LogP contribution >= 0.6 is 0 Å². The van der Waals surface area contributed by atoms with Crippen LogP contribution in [-0.2, 0) is 7.05 Å². The number of aromatic amines is 1. The summed E-state index contributed by atoms with van der Waals surface area (Å²) in [6.45, 7) is 2.05. The zero-order chi connectivity index (χ0) is 22.1. The van der Waals surface area contributed by atoms with Crippen LogP contribution in [0.1, 0.15) is 23.3 Å². The van der Waals surface area contributed by atoms with Gasteiger partial charge in [-0.3, -0.25) is 14.6 Å². The van der Waals surface area contributed by atoms with Gasteiger partial charge in [0.1, 0.15) is 6.10 Å². The van der Waals surface area contributed by atoms with Crippen molar-refractivity contribution in [3.8, 4) is 17.0 Å². The number of piperidine rings is 1. The highest BCUT2D eigenvalue weighted by Gasteiger charge is 2.19. The summed E-state index contributed by atoms with van der Waals surface area (Å²) < 4.78 is 7.72. The minimum Gasteiger partial charge on any atom is -0.474 e. The lowest BCUT2D eigenvalue weighted by molar-refractivity contribution is 0.102. The molecular weight excluding hydrogens is 406 g/mol. The van der Waals surface area contributed by atoms with E-state index >= 15 is 0 Å². The van der Waals surface area contributed by atoms with Crippen LogP contribution in [0, 0.1) is 0 Å². The van der Waals surface area contributed by atoms with Gasteiger partial charge in [0.05, 0.1) is 23.6 Å². The lowest BCUT2D eigenvalue weighted by atomic mass is 10.1. The van der Waals surface area contributed by atoms with Gasteiger partial charge in [0.15, 0.2) is 5.69 Å². The number of ether oxygens (including phenoxy) is 1. The molecule has 4 heterocycles. The maximum Gasteiger partial charge on any atom is 0.276 e. The van der Waals surface area contributed by atoms with Gasteiger partial charge in [-0.2, -0.15) is 10.2 Å². The molecule has 0 radical (unpaired) electrons. The molecule has 2 N–H and O–H groups in total. The van der Waals surface area contributed by atoms with Crippen molar-refractivity contribution in [2.75, 3.05) is 25.5 Å². The number of hydrogen-bond donors (Lipinski definition) is 2. The maximum atomic E-state index is 12.9. The van der Waals surface area contributed by atoms with Gasteiger partial charge in [-0.1, -0.05) is 6.07 Å². The highest BCUT2D eigenvalue weighted by atomic mass is 16.5. The third kappa shape index (κ3) is 4.19. The molecule has 0 aliphatic carbocycles. The van der Waals surface area contributed by atoms with Crippen LogP contribution in [-0.4, -0.2) is 62.0 Å². The number of benzene rings is 1. The van der Waals surface area contributed by atoms with Gasteiger partial charge < -0.3 is 15.0 Å². The molecule has 1 aromatic carbocycles. The summed E-state index contributed by atoms with van der Waals surface area (Å²) in [5.41, 5.74) is 3.66. The van der Waals surface area contributed by atoms with Crippen LogP contribution in [0.5, 0.6) is 5.88 Å². The predicted molar refractivity (Wildman–Crippen MR) is 122 cm³/mol. The van der Waals surface area contributed by atoms with Gasteiger partial charge >= 0.3 is 0 Å². The number of rotatable bonds is 5. The second kappa shape index (κ2) is 8.43. The number of pyridine rings is 1. The number of fused-ring (bicyclic) bond motifs is 1. The normalized spacial score (nSPS) is 15.2. The number of H-pyrrole nitrogens is 1. The molecule has 1 saturated heterocycles. The van der Waals surface area contributed by atoms with Crippen LogP contribution in [0.25, 0.3) is 22.0 Å². The van der Waals surface area contributed by atoms with Crippen LogP contribution < -0.4 is 10.1 Å². The van der Waals surface area contributed by atoms with E-state index in [-0.39, 0.29) is 12.0 Å². The Morgan fingerprint density at radius 2 is 1.97 bits per heavy atom. The predicted octanol–water partition coefficient (Wildman–Crippen LogP) is 3.08. The Morgan fingerprint density at radius 1 is 1.12 bits per heavy atom. The first-order valence-electron chi connectivity index (χ1n) is 10.6. The van der Waals surface area contributed by atoms with Crippen molar-refractivity contribution in [2.45, 2.75) is 18.9 Å². The van der Waals surface area contributed by atoms with Gasteiger partial charge in [0, 0.05) is 43.4 Å². The van der Waals surface area contributed by atoms with Crippen LogP contribution in [0.2, 0.25) is 0 Å². The maximum absolute atomic E-state index is 12.9. The summed E-state index contributed by atoms with van der Waals surface area (Å²) in [4.78, 5) is 19.6. The highest BCUT2D eigenvalue weighted by molar-refractivity contribution is 6.11. The highest BCUT2D eigenvalue weighted by Crippen LogP contribution is 2.26. The van der Waals surface area contributed by atoms with E-state index < -0.39 is 0 Å².